The summed E-state index contributed by atoms with van der Waals surface area (Å²) in [5.74, 6) is 1.03. The third-order valence-electron chi connectivity index (χ3n) is 8.43. The van der Waals surface area contributed by atoms with Gasteiger partial charge in [-0.3, -0.25) is 0 Å². The number of carbonyl (C=O) groups is 1. The van der Waals surface area contributed by atoms with Gasteiger partial charge < -0.3 is 19.5 Å². The highest BCUT2D eigenvalue weighted by molar-refractivity contribution is 5.89. The van der Waals surface area contributed by atoms with Crippen molar-refractivity contribution >= 4 is 12.0 Å². The quantitative estimate of drug-likeness (QED) is 0.456. The van der Waals surface area contributed by atoms with Gasteiger partial charge in [0, 0.05) is 17.7 Å². The highest BCUT2D eigenvalue weighted by Crippen LogP contribution is 2.66. The van der Waals surface area contributed by atoms with Gasteiger partial charge in [0.25, 0.3) is 0 Å². The molecular formula is C27H29NO4. The van der Waals surface area contributed by atoms with Gasteiger partial charge in [0.2, 0.25) is 0 Å². The van der Waals surface area contributed by atoms with Crippen molar-refractivity contribution < 1.29 is 19.4 Å². The highest BCUT2D eigenvalue weighted by atomic mass is 16.6. The molecule has 4 unspecified atom stereocenters. The first-order valence-electron chi connectivity index (χ1n) is 11.6. The van der Waals surface area contributed by atoms with E-state index < -0.39 is 17.0 Å². The van der Waals surface area contributed by atoms with E-state index in [1.165, 1.54) is 11.6 Å². The van der Waals surface area contributed by atoms with E-state index in [2.05, 4.69) is 24.9 Å². The van der Waals surface area contributed by atoms with E-state index in [1.54, 1.807) is 6.08 Å². The standard InChI is InChI=1S/C27H29NO4/c1-17-12-13-27(30)21-16-19-9-10-20(31-22(29)11-8-18-6-4-3-5-7-18)24-23(19)26(27,25(17)32-24)14-15-28(21)2/h3-11,17,21,25,30H,12-16H2,1-2H3/b11-8+/t17?,21?,25?,26?,27-/m1/s1. The Labute approximate surface area is 188 Å². The maximum absolute atomic E-state index is 12.6. The third kappa shape index (κ3) is 2.55. The van der Waals surface area contributed by atoms with Crippen LogP contribution in [0.25, 0.3) is 6.08 Å². The summed E-state index contributed by atoms with van der Waals surface area (Å²) in [5.41, 5.74) is 2.02. The number of carbonyl (C=O) groups excluding carboxylic acids is 1. The van der Waals surface area contributed by atoms with Crippen molar-refractivity contribution in [1.29, 1.82) is 0 Å². The average molecular weight is 432 g/mol. The van der Waals surface area contributed by atoms with Crippen molar-refractivity contribution in [2.45, 2.75) is 55.8 Å². The number of likely N-dealkylation sites (N-methyl/N-ethyl adjacent to an activating group) is 1. The van der Waals surface area contributed by atoms with Crippen molar-refractivity contribution in [2.75, 3.05) is 13.6 Å². The van der Waals surface area contributed by atoms with Gasteiger partial charge in [0.1, 0.15) is 6.10 Å². The first-order chi connectivity index (χ1) is 15.4. The van der Waals surface area contributed by atoms with Crippen LogP contribution in [0.5, 0.6) is 11.5 Å². The molecule has 4 aliphatic rings. The Balaban J connectivity index is 1.40. The zero-order valence-corrected chi connectivity index (χ0v) is 18.6. The number of likely N-dealkylation sites (tertiary alicyclic amines) is 1. The van der Waals surface area contributed by atoms with Crippen LogP contribution in [-0.4, -0.2) is 47.3 Å². The lowest BCUT2D eigenvalue weighted by molar-refractivity contribution is -0.191. The molecule has 2 aromatic carbocycles. The molecule has 166 valence electrons. The van der Waals surface area contributed by atoms with Gasteiger partial charge in [0.05, 0.1) is 11.0 Å². The number of ether oxygens (including phenoxy) is 2. The molecule has 1 spiro atoms. The third-order valence-corrected chi connectivity index (χ3v) is 8.43. The minimum Gasteiger partial charge on any atom is -0.485 e. The number of hydrogen-bond donors (Lipinski definition) is 1. The molecule has 1 saturated carbocycles. The smallest absolute Gasteiger partial charge is 0.336 e. The Morgan fingerprint density at radius 1 is 1.22 bits per heavy atom. The number of piperidine rings is 1. The fourth-order valence-corrected chi connectivity index (χ4v) is 6.94. The molecule has 0 aromatic heterocycles. The Morgan fingerprint density at radius 3 is 2.84 bits per heavy atom. The van der Waals surface area contributed by atoms with E-state index >= 15 is 0 Å². The monoisotopic (exact) mass is 431 g/mol. The number of aliphatic hydroxyl groups is 1. The zero-order chi connectivity index (χ0) is 22.1. The van der Waals surface area contributed by atoms with E-state index in [9.17, 15) is 9.90 Å². The number of benzene rings is 2. The Kier molecular flexibility index (Phi) is 4.33. The molecule has 0 amide bonds. The molecule has 2 fully saturated rings. The lowest BCUT2D eigenvalue weighted by Gasteiger charge is -2.63. The number of esters is 1. The summed E-state index contributed by atoms with van der Waals surface area (Å²) < 4.78 is 12.4. The maximum Gasteiger partial charge on any atom is 0.336 e. The molecule has 5 nitrogen and oxygen atoms in total. The molecule has 2 aliphatic carbocycles. The van der Waals surface area contributed by atoms with E-state index in [4.69, 9.17) is 9.47 Å². The minimum atomic E-state index is -0.814. The van der Waals surface area contributed by atoms with Crippen molar-refractivity contribution in [3.05, 3.63) is 65.2 Å². The van der Waals surface area contributed by atoms with E-state index in [0.29, 0.717) is 17.4 Å². The molecule has 1 N–H and O–H groups in total. The minimum absolute atomic E-state index is 0.0915. The second-order valence-electron chi connectivity index (χ2n) is 9.99. The van der Waals surface area contributed by atoms with Gasteiger partial charge in [-0.2, -0.15) is 0 Å². The van der Waals surface area contributed by atoms with Gasteiger partial charge in [-0.1, -0.05) is 43.3 Å². The topological polar surface area (TPSA) is 59.0 Å². The number of nitrogens with zero attached hydrogens (tertiary/aromatic N) is 1. The molecule has 6 rings (SSSR count). The zero-order valence-electron chi connectivity index (χ0n) is 18.6. The summed E-state index contributed by atoms with van der Waals surface area (Å²) in [6.45, 7) is 3.16. The summed E-state index contributed by atoms with van der Waals surface area (Å²) in [6, 6.07) is 13.7. The summed E-state index contributed by atoms with van der Waals surface area (Å²) in [6.07, 6.45) is 6.48. The normalized spacial score (nSPS) is 34.8. The molecule has 2 bridgehead atoms. The van der Waals surface area contributed by atoms with Gasteiger partial charge in [-0.25, -0.2) is 4.79 Å². The van der Waals surface area contributed by atoms with E-state index in [-0.39, 0.29) is 12.1 Å². The van der Waals surface area contributed by atoms with Gasteiger partial charge in [-0.15, -0.1) is 0 Å². The molecule has 2 aliphatic heterocycles. The average Bonchev–Trinajstić information content (AvgIpc) is 3.15. The van der Waals surface area contributed by atoms with Crippen LogP contribution in [0.2, 0.25) is 0 Å². The largest absolute Gasteiger partial charge is 0.485 e. The molecule has 5 atom stereocenters. The van der Waals surface area contributed by atoms with Crippen LogP contribution < -0.4 is 9.47 Å². The Morgan fingerprint density at radius 2 is 2.03 bits per heavy atom. The molecule has 2 aromatic rings. The van der Waals surface area contributed by atoms with Crippen molar-refractivity contribution in [1.82, 2.24) is 4.90 Å². The van der Waals surface area contributed by atoms with Crippen LogP contribution in [0.15, 0.2) is 48.5 Å². The number of hydrogen-bond acceptors (Lipinski definition) is 5. The molecule has 0 radical (unpaired) electrons. The SMILES string of the molecule is CC1CC[C@@]2(O)C3Cc4ccc(OC(=O)/C=C/c5ccccc5)c5c4C2(CCN3C)C1O5. The van der Waals surface area contributed by atoms with E-state index in [0.717, 1.165) is 43.4 Å². The highest BCUT2D eigenvalue weighted by Gasteiger charge is 2.72. The second kappa shape index (κ2) is 6.93. The summed E-state index contributed by atoms with van der Waals surface area (Å²) in [5, 5.41) is 12.1. The van der Waals surface area contributed by atoms with E-state index in [1.807, 2.05) is 36.4 Å². The number of rotatable bonds is 3. The molecule has 1 saturated heterocycles. The summed E-state index contributed by atoms with van der Waals surface area (Å²) in [7, 11) is 2.12. The summed E-state index contributed by atoms with van der Waals surface area (Å²) >= 11 is 0. The summed E-state index contributed by atoms with van der Waals surface area (Å²) in [4.78, 5) is 14.9. The molecule has 5 heteroatoms. The van der Waals surface area contributed by atoms with Crippen LogP contribution in [-0.2, 0) is 16.6 Å². The van der Waals surface area contributed by atoms with Gasteiger partial charge >= 0.3 is 5.97 Å². The maximum atomic E-state index is 12.6. The second-order valence-corrected chi connectivity index (χ2v) is 9.99. The van der Waals surface area contributed by atoms with Gasteiger partial charge in [-0.05, 0) is 68.5 Å². The first-order valence-corrected chi connectivity index (χ1v) is 11.6. The molecule has 32 heavy (non-hydrogen) atoms. The lowest BCUT2D eigenvalue weighted by atomic mass is 9.48. The lowest BCUT2D eigenvalue weighted by Crippen LogP contribution is -2.75. The van der Waals surface area contributed by atoms with Crippen molar-refractivity contribution in [3.63, 3.8) is 0 Å². The van der Waals surface area contributed by atoms with Crippen LogP contribution in [0.1, 0.15) is 42.9 Å². The predicted molar refractivity (Wildman–Crippen MR) is 122 cm³/mol. The van der Waals surface area contributed by atoms with Crippen LogP contribution >= 0.6 is 0 Å². The first kappa shape index (κ1) is 20.0. The van der Waals surface area contributed by atoms with Crippen LogP contribution in [0.4, 0.5) is 0 Å². The van der Waals surface area contributed by atoms with Crippen molar-refractivity contribution in [3.8, 4) is 11.5 Å². The molecular weight excluding hydrogens is 402 g/mol. The predicted octanol–water partition coefficient (Wildman–Crippen LogP) is 3.73. The molecule has 2 heterocycles. The fourth-order valence-electron chi connectivity index (χ4n) is 6.94. The Hall–Kier alpha value is -2.63. The van der Waals surface area contributed by atoms with Crippen LogP contribution in [0.3, 0.4) is 0 Å². The van der Waals surface area contributed by atoms with Crippen molar-refractivity contribution in [2.24, 2.45) is 5.92 Å². The fraction of sp³-hybridized carbons (Fsp3) is 0.444. The van der Waals surface area contributed by atoms with Gasteiger partial charge in [0.15, 0.2) is 11.5 Å². The van der Waals surface area contributed by atoms with Crippen LogP contribution in [0, 0.1) is 5.92 Å². The Bertz CT molecular complexity index is 1110.